The van der Waals surface area contributed by atoms with Gasteiger partial charge in [0.2, 0.25) is 0 Å². The van der Waals surface area contributed by atoms with E-state index in [0.717, 1.165) is 0 Å². The Labute approximate surface area is 110 Å². The van der Waals surface area contributed by atoms with Crippen molar-refractivity contribution in [3.05, 3.63) is 22.2 Å². The van der Waals surface area contributed by atoms with Crippen LogP contribution >= 0.6 is 30.5 Å². The molecule has 1 aromatic rings. The average molecular weight is 295 g/mol. The van der Waals surface area contributed by atoms with Gasteiger partial charge in [-0.1, -0.05) is 11.6 Å². The van der Waals surface area contributed by atoms with E-state index in [9.17, 15) is 4.79 Å². The van der Waals surface area contributed by atoms with E-state index in [4.69, 9.17) is 25.4 Å². The predicted octanol–water partition coefficient (Wildman–Crippen LogP) is 3.16. The van der Waals surface area contributed by atoms with Crippen molar-refractivity contribution < 1.29 is 18.6 Å². The van der Waals surface area contributed by atoms with Crippen molar-refractivity contribution in [2.24, 2.45) is 0 Å². The van der Waals surface area contributed by atoms with Crippen LogP contribution in [0.5, 0.6) is 11.5 Å². The van der Waals surface area contributed by atoms with Gasteiger partial charge in [0.25, 0.3) is 0 Å². The first-order valence-electron chi connectivity index (χ1n) is 4.80. The van der Waals surface area contributed by atoms with Crippen molar-refractivity contribution in [1.82, 2.24) is 0 Å². The number of rotatable bonds is 4. The molecule has 0 N–H and O–H groups in total. The zero-order valence-electron chi connectivity index (χ0n) is 9.45. The van der Waals surface area contributed by atoms with Gasteiger partial charge in [-0.25, -0.2) is 4.79 Å². The quantitative estimate of drug-likeness (QED) is 0.632. The Bertz CT molecular complexity index is 437. The van der Waals surface area contributed by atoms with Crippen LogP contribution in [0.2, 0.25) is 5.02 Å². The highest BCUT2D eigenvalue weighted by Crippen LogP contribution is 2.38. The molecule has 1 aromatic carbocycles. The number of hydrogen-bond donors (Lipinski definition) is 0. The lowest BCUT2D eigenvalue weighted by Gasteiger charge is -2.14. The molecule has 0 bridgehead atoms. The lowest BCUT2D eigenvalue weighted by molar-refractivity contribution is 0.0523. The molecule has 2 atom stereocenters. The number of ether oxygens (including phenoxy) is 1. The van der Waals surface area contributed by atoms with E-state index >= 15 is 0 Å². The minimum absolute atomic E-state index is 0.286. The summed E-state index contributed by atoms with van der Waals surface area (Å²) in [6.45, 7) is 3.72. The highest BCUT2D eigenvalue weighted by molar-refractivity contribution is 7.10. The van der Waals surface area contributed by atoms with E-state index in [0.29, 0.717) is 27.6 Å². The van der Waals surface area contributed by atoms with Crippen molar-refractivity contribution >= 4 is 36.5 Å². The highest BCUT2D eigenvalue weighted by Gasteiger charge is 2.21. The summed E-state index contributed by atoms with van der Waals surface area (Å²) in [5.41, 5.74) is 0.861. The summed E-state index contributed by atoms with van der Waals surface area (Å²) in [5.74, 6) is 0.284. The fraction of sp³-hybridized carbons (Fsp3) is 0.300. The lowest BCUT2D eigenvalue weighted by atomic mass is 10.1. The monoisotopic (exact) mass is 294 g/mol. The Kier molecular flexibility index (Phi) is 5.45. The van der Waals surface area contributed by atoms with Crippen LogP contribution in [-0.4, -0.2) is 12.6 Å². The van der Waals surface area contributed by atoms with Gasteiger partial charge in [-0.3, -0.25) is 0 Å². The molecule has 4 nitrogen and oxygen atoms in total. The van der Waals surface area contributed by atoms with Gasteiger partial charge < -0.3 is 13.8 Å². The molecule has 0 spiro atoms. The van der Waals surface area contributed by atoms with E-state index in [-0.39, 0.29) is 6.61 Å². The molecule has 2 unspecified atom stereocenters. The van der Waals surface area contributed by atoms with Crippen molar-refractivity contribution in [1.29, 1.82) is 0 Å². The van der Waals surface area contributed by atoms with Gasteiger partial charge in [-0.2, -0.15) is 0 Å². The van der Waals surface area contributed by atoms with Gasteiger partial charge in [-0.05, 0) is 19.4 Å². The van der Waals surface area contributed by atoms with E-state index in [2.05, 4.69) is 18.9 Å². The van der Waals surface area contributed by atoms with Gasteiger partial charge in [0.05, 0.1) is 30.6 Å². The lowest BCUT2D eigenvalue weighted by Crippen LogP contribution is -2.08. The van der Waals surface area contributed by atoms with Gasteiger partial charge in [0.1, 0.15) is 17.1 Å². The summed E-state index contributed by atoms with van der Waals surface area (Å²) < 4.78 is 15.0. The maximum atomic E-state index is 11.8. The number of hydrogen-bond acceptors (Lipinski definition) is 4. The fourth-order valence-electron chi connectivity index (χ4n) is 1.37. The number of halogens is 1. The van der Waals surface area contributed by atoms with Crippen LogP contribution in [0.4, 0.5) is 0 Å². The first-order valence-corrected chi connectivity index (χ1v) is 6.12. The van der Waals surface area contributed by atoms with Gasteiger partial charge in [0, 0.05) is 6.07 Å². The van der Waals surface area contributed by atoms with Gasteiger partial charge in [0.15, 0.2) is 0 Å². The smallest absolute Gasteiger partial charge is 0.342 e. The maximum absolute atomic E-state index is 11.8. The Hall–Kier alpha value is -0.560. The minimum Gasteiger partial charge on any atom is -0.479 e. The van der Waals surface area contributed by atoms with Gasteiger partial charge >= 0.3 is 5.97 Å². The third-order valence-electron chi connectivity index (χ3n) is 2.16. The van der Waals surface area contributed by atoms with Crippen LogP contribution in [0.25, 0.3) is 0 Å². The Morgan fingerprint density at radius 2 is 1.94 bits per heavy atom. The normalized spacial score (nSPS) is 9.94. The molecule has 0 radical (unpaired) electrons. The SMILES string of the molecule is CCOC(=O)c1c(OP)cc(OP)c(Cl)c1C. The summed E-state index contributed by atoms with van der Waals surface area (Å²) in [5, 5.41) is 0.355. The van der Waals surface area contributed by atoms with E-state index in [1.54, 1.807) is 13.8 Å². The number of carbonyl (C=O) groups excluding carboxylic acids is 1. The molecule has 7 heteroatoms. The molecule has 0 saturated carbocycles. The third kappa shape index (κ3) is 3.01. The second kappa shape index (κ2) is 6.39. The van der Waals surface area contributed by atoms with Gasteiger partial charge in [-0.15, -0.1) is 0 Å². The summed E-state index contributed by atoms with van der Waals surface area (Å²) in [6, 6.07) is 1.53. The second-order valence-corrected chi connectivity index (χ2v) is 3.99. The first-order chi connectivity index (χ1) is 8.06. The molecule has 0 saturated heterocycles. The molecule has 0 aliphatic heterocycles. The molecule has 0 aliphatic carbocycles. The van der Waals surface area contributed by atoms with Crippen LogP contribution in [0.15, 0.2) is 6.07 Å². The van der Waals surface area contributed by atoms with Crippen molar-refractivity contribution in [2.75, 3.05) is 6.61 Å². The van der Waals surface area contributed by atoms with Crippen molar-refractivity contribution in [2.45, 2.75) is 13.8 Å². The van der Waals surface area contributed by atoms with E-state index in [1.165, 1.54) is 6.07 Å². The molecule has 17 heavy (non-hydrogen) atoms. The summed E-state index contributed by atoms with van der Waals surface area (Å²) >= 11 is 6.06. The van der Waals surface area contributed by atoms with Crippen LogP contribution in [0, 0.1) is 6.92 Å². The van der Waals surface area contributed by atoms with Crippen molar-refractivity contribution in [3.8, 4) is 11.5 Å². The molecule has 0 aliphatic rings. The first kappa shape index (κ1) is 14.5. The van der Waals surface area contributed by atoms with Crippen LogP contribution < -0.4 is 9.05 Å². The topological polar surface area (TPSA) is 44.8 Å². The van der Waals surface area contributed by atoms with Crippen molar-refractivity contribution in [3.63, 3.8) is 0 Å². The summed E-state index contributed by atoms with van der Waals surface area (Å²) in [7, 11) is 4.17. The summed E-state index contributed by atoms with van der Waals surface area (Å²) in [6.07, 6.45) is 0. The van der Waals surface area contributed by atoms with Crippen LogP contribution in [-0.2, 0) is 4.74 Å². The highest BCUT2D eigenvalue weighted by atomic mass is 35.5. The molecular weight excluding hydrogens is 282 g/mol. The zero-order chi connectivity index (χ0) is 13.0. The van der Waals surface area contributed by atoms with E-state index < -0.39 is 5.97 Å². The number of esters is 1. The summed E-state index contributed by atoms with van der Waals surface area (Å²) in [4.78, 5) is 11.8. The molecule has 0 aromatic heterocycles. The Morgan fingerprint density at radius 3 is 2.41 bits per heavy atom. The Morgan fingerprint density at radius 1 is 1.35 bits per heavy atom. The fourth-order valence-corrected chi connectivity index (χ4v) is 2.01. The molecule has 0 fully saturated rings. The third-order valence-corrected chi connectivity index (χ3v) is 3.14. The van der Waals surface area contributed by atoms with Crippen LogP contribution in [0.1, 0.15) is 22.8 Å². The number of carbonyl (C=O) groups is 1. The number of benzene rings is 1. The molecular formula is C10H13ClO4P2. The minimum atomic E-state index is -0.473. The average Bonchev–Trinajstić information content (AvgIpc) is 2.32. The zero-order valence-corrected chi connectivity index (χ0v) is 12.5. The molecule has 0 amide bonds. The predicted molar refractivity (Wildman–Crippen MR) is 72.8 cm³/mol. The van der Waals surface area contributed by atoms with E-state index in [1.807, 2.05) is 0 Å². The molecule has 1 rings (SSSR count). The Balaban J connectivity index is 3.37. The largest absolute Gasteiger partial charge is 0.479 e. The standard InChI is InChI=1S/C10H13ClO4P2/c1-3-13-10(12)8-5(2)9(11)7(15-17)4-6(8)14-16/h4H,3,16-17H2,1-2H3. The second-order valence-electron chi connectivity index (χ2n) is 3.14. The molecule has 94 valence electrons. The maximum Gasteiger partial charge on any atom is 0.342 e. The van der Waals surface area contributed by atoms with Crippen LogP contribution in [0.3, 0.4) is 0 Å². The molecule has 0 heterocycles.